The fourth-order valence-corrected chi connectivity index (χ4v) is 1.90. The third-order valence-electron chi connectivity index (χ3n) is 2.89. The van der Waals surface area contributed by atoms with E-state index in [0.29, 0.717) is 38.1 Å². The molecule has 0 radical (unpaired) electrons. The van der Waals surface area contributed by atoms with E-state index < -0.39 is 0 Å². The van der Waals surface area contributed by atoms with Gasteiger partial charge in [-0.3, -0.25) is 4.98 Å². The molecule has 0 bridgehead atoms. The monoisotopic (exact) mass is 253 g/mol. The zero-order valence-corrected chi connectivity index (χ0v) is 11.1. The van der Waals surface area contributed by atoms with Crippen LogP contribution in [-0.2, 0) is 9.47 Å². The van der Waals surface area contributed by atoms with E-state index in [2.05, 4.69) is 11.9 Å². The largest absolute Gasteiger partial charge is 0.491 e. The van der Waals surface area contributed by atoms with Crippen molar-refractivity contribution in [1.82, 2.24) is 4.98 Å². The SMILES string of the molecule is COc1c(OCC2(C)COCOC2)ccnc1C. The van der Waals surface area contributed by atoms with E-state index in [1.54, 1.807) is 19.4 Å². The number of aromatic nitrogens is 1. The summed E-state index contributed by atoms with van der Waals surface area (Å²) in [6, 6.07) is 1.81. The minimum Gasteiger partial charge on any atom is -0.491 e. The van der Waals surface area contributed by atoms with Gasteiger partial charge < -0.3 is 18.9 Å². The quantitative estimate of drug-likeness (QED) is 0.818. The molecule has 1 fully saturated rings. The van der Waals surface area contributed by atoms with Crippen molar-refractivity contribution < 1.29 is 18.9 Å². The number of ether oxygens (including phenoxy) is 4. The van der Waals surface area contributed by atoms with Crippen LogP contribution in [0.25, 0.3) is 0 Å². The van der Waals surface area contributed by atoms with E-state index in [-0.39, 0.29) is 5.41 Å². The summed E-state index contributed by atoms with van der Waals surface area (Å²) < 4.78 is 21.7. The molecule has 2 heterocycles. The standard InChI is InChI=1S/C13H19NO4/c1-10-12(15-3)11(4-5-14-10)18-8-13(2)6-16-9-17-7-13/h4-5H,6-9H2,1-3H3. The van der Waals surface area contributed by atoms with Gasteiger partial charge in [0.15, 0.2) is 11.5 Å². The van der Waals surface area contributed by atoms with E-state index in [1.165, 1.54) is 0 Å². The Labute approximate surface area is 107 Å². The lowest BCUT2D eigenvalue weighted by molar-refractivity contribution is -0.167. The average Bonchev–Trinajstić information content (AvgIpc) is 2.37. The first-order chi connectivity index (χ1) is 8.64. The van der Waals surface area contributed by atoms with Gasteiger partial charge in [-0.1, -0.05) is 6.92 Å². The smallest absolute Gasteiger partial charge is 0.182 e. The van der Waals surface area contributed by atoms with Crippen LogP contribution in [0.1, 0.15) is 12.6 Å². The maximum Gasteiger partial charge on any atom is 0.182 e. The molecule has 0 N–H and O–H groups in total. The third kappa shape index (κ3) is 2.91. The predicted octanol–water partition coefficient (Wildman–Crippen LogP) is 1.79. The molecule has 1 saturated heterocycles. The number of aryl methyl sites for hydroxylation is 1. The molecule has 1 aliphatic rings. The normalized spacial score (nSPS) is 18.4. The number of methoxy groups -OCH3 is 1. The Morgan fingerprint density at radius 1 is 1.39 bits per heavy atom. The van der Waals surface area contributed by atoms with Crippen LogP contribution >= 0.6 is 0 Å². The maximum atomic E-state index is 5.83. The molecule has 0 aromatic carbocycles. The number of hydrogen-bond donors (Lipinski definition) is 0. The van der Waals surface area contributed by atoms with E-state index in [4.69, 9.17) is 18.9 Å². The van der Waals surface area contributed by atoms with Gasteiger partial charge in [0.1, 0.15) is 6.79 Å². The van der Waals surface area contributed by atoms with Crippen molar-refractivity contribution in [2.24, 2.45) is 5.41 Å². The van der Waals surface area contributed by atoms with Gasteiger partial charge in [-0.2, -0.15) is 0 Å². The van der Waals surface area contributed by atoms with E-state index >= 15 is 0 Å². The zero-order valence-electron chi connectivity index (χ0n) is 11.1. The number of hydrogen-bond acceptors (Lipinski definition) is 5. The van der Waals surface area contributed by atoms with Crippen molar-refractivity contribution in [3.63, 3.8) is 0 Å². The van der Waals surface area contributed by atoms with Crippen LogP contribution in [0.3, 0.4) is 0 Å². The highest BCUT2D eigenvalue weighted by Gasteiger charge is 2.30. The summed E-state index contributed by atoms with van der Waals surface area (Å²) in [6.45, 7) is 6.13. The van der Waals surface area contributed by atoms with Gasteiger partial charge in [-0.25, -0.2) is 0 Å². The Balaban J connectivity index is 2.03. The van der Waals surface area contributed by atoms with Crippen LogP contribution in [0.5, 0.6) is 11.5 Å². The van der Waals surface area contributed by atoms with Crippen LogP contribution < -0.4 is 9.47 Å². The van der Waals surface area contributed by atoms with Gasteiger partial charge in [0.25, 0.3) is 0 Å². The lowest BCUT2D eigenvalue weighted by Crippen LogP contribution is -2.39. The summed E-state index contributed by atoms with van der Waals surface area (Å²) >= 11 is 0. The first-order valence-corrected chi connectivity index (χ1v) is 5.92. The fraction of sp³-hybridized carbons (Fsp3) is 0.615. The Kier molecular flexibility index (Phi) is 4.04. The van der Waals surface area contributed by atoms with E-state index in [1.807, 2.05) is 6.92 Å². The van der Waals surface area contributed by atoms with Crippen molar-refractivity contribution >= 4 is 0 Å². The molecule has 1 aliphatic heterocycles. The van der Waals surface area contributed by atoms with Gasteiger partial charge in [-0.05, 0) is 6.92 Å². The van der Waals surface area contributed by atoms with Gasteiger partial charge in [0, 0.05) is 17.7 Å². The van der Waals surface area contributed by atoms with Crippen LogP contribution in [-0.4, -0.2) is 38.7 Å². The highest BCUT2D eigenvalue weighted by atomic mass is 16.7. The molecule has 5 heteroatoms. The van der Waals surface area contributed by atoms with Crippen LogP contribution in [0.15, 0.2) is 12.3 Å². The van der Waals surface area contributed by atoms with Crippen molar-refractivity contribution in [3.8, 4) is 11.5 Å². The second-order valence-corrected chi connectivity index (χ2v) is 4.84. The molecule has 0 atom stereocenters. The highest BCUT2D eigenvalue weighted by Crippen LogP contribution is 2.31. The first-order valence-electron chi connectivity index (χ1n) is 5.92. The molecule has 5 nitrogen and oxygen atoms in total. The molecule has 0 spiro atoms. The minimum atomic E-state index is -0.125. The summed E-state index contributed by atoms with van der Waals surface area (Å²) in [5, 5.41) is 0. The van der Waals surface area contributed by atoms with E-state index in [0.717, 1.165) is 5.69 Å². The lowest BCUT2D eigenvalue weighted by atomic mass is 9.94. The van der Waals surface area contributed by atoms with Crippen LogP contribution in [0.4, 0.5) is 0 Å². The van der Waals surface area contributed by atoms with E-state index in [9.17, 15) is 0 Å². The minimum absolute atomic E-state index is 0.125. The molecule has 1 aromatic rings. The van der Waals surface area contributed by atoms with Crippen LogP contribution in [0.2, 0.25) is 0 Å². The van der Waals surface area contributed by atoms with Gasteiger partial charge in [0.05, 0.1) is 32.6 Å². The van der Waals surface area contributed by atoms with Crippen molar-refractivity contribution in [3.05, 3.63) is 18.0 Å². The molecule has 0 unspecified atom stereocenters. The maximum absolute atomic E-state index is 5.83. The summed E-state index contributed by atoms with van der Waals surface area (Å²) in [6.07, 6.45) is 1.71. The Morgan fingerprint density at radius 3 is 2.78 bits per heavy atom. The average molecular weight is 253 g/mol. The molecule has 1 aromatic heterocycles. The summed E-state index contributed by atoms with van der Waals surface area (Å²) in [4.78, 5) is 4.17. The second kappa shape index (κ2) is 5.54. The van der Waals surface area contributed by atoms with Gasteiger partial charge in [-0.15, -0.1) is 0 Å². The second-order valence-electron chi connectivity index (χ2n) is 4.84. The molecular weight excluding hydrogens is 234 g/mol. The number of rotatable bonds is 4. The molecular formula is C13H19NO4. The van der Waals surface area contributed by atoms with Crippen molar-refractivity contribution in [2.75, 3.05) is 33.7 Å². The summed E-state index contributed by atoms with van der Waals surface area (Å²) in [5.74, 6) is 1.38. The van der Waals surface area contributed by atoms with Crippen molar-refractivity contribution in [2.45, 2.75) is 13.8 Å². The topological polar surface area (TPSA) is 49.8 Å². The number of nitrogens with zero attached hydrogens (tertiary/aromatic N) is 1. The number of pyridine rings is 1. The molecule has 100 valence electrons. The molecule has 0 amide bonds. The molecule has 2 rings (SSSR count). The van der Waals surface area contributed by atoms with Crippen LogP contribution in [0, 0.1) is 12.3 Å². The lowest BCUT2D eigenvalue weighted by Gasteiger charge is -2.32. The first kappa shape index (κ1) is 13.1. The Morgan fingerprint density at radius 2 is 2.11 bits per heavy atom. The molecule has 18 heavy (non-hydrogen) atoms. The third-order valence-corrected chi connectivity index (χ3v) is 2.89. The van der Waals surface area contributed by atoms with Crippen molar-refractivity contribution in [1.29, 1.82) is 0 Å². The Bertz CT molecular complexity index is 402. The predicted molar refractivity (Wildman–Crippen MR) is 65.9 cm³/mol. The summed E-state index contributed by atoms with van der Waals surface area (Å²) in [5.41, 5.74) is 0.691. The summed E-state index contributed by atoms with van der Waals surface area (Å²) in [7, 11) is 1.62. The molecule has 0 aliphatic carbocycles. The molecule has 0 saturated carbocycles. The highest BCUT2D eigenvalue weighted by molar-refractivity contribution is 5.41. The Hall–Kier alpha value is -1.33. The van der Waals surface area contributed by atoms with Gasteiger partial charge >= 0.3 is 0 Å². The zero-order chi connectivity index (χ0) is 13.0. The fourth-order valence-electron chi connectivity index (χ4n) is 1.90. The van der Waals surface area contributed by atoms with Gasteiger partial charge in [0.2, 0.25) is 0 Å².